The summed E-state index contributed by atoms with van der Waals surface area (Å²) < 4.78 is 56.0. The van der Waals surface area contributed by atoms with Crippen LogP contribution < -0.4 is 4.72 Å². The zero-order valence-electron chi connectivity index (χ0n) is 39.5. The molecule has 0 fully saturated rings. The van der Waals surface area contributed by atoms with Crippen molar-refractivity contribution in [3.05, 3.63) is 142 Å². The maximum atomic E-state index is 13.0. The lowest BCUT2D eigenvalue weighted by atomic mass is 10.0. The molecule has 0 saturated carbocycles. The van der Waals surface area contributed by atoms with Gasteiger partial charge in [0.05, 0.1) is 15.5 Å². The number of benzene rings is 4. The molecule has 2 N–H and O–H groups in total. The van der Waals surface area contributed by atoms with Gasteiger partial charge < -0.3 is 9.55 Å². The van der Waals surface area contributed by atoms with Crippen LogP contribution in [-0.2, 0) is 44.6 Å². The Kier molecular flexibility index (Phi) is 20.4. The van der Waals surface area contributed by atoms with Crippen LogP contribution in [0, 0.1) is 5.41 Å². The molecule has 2 heterocycles. The van der Waals surface area contributed by atoms with E-state index in [1.54, 1.807) is 30.3 Å². The number of aryl methyl sites for hydroxylation is 2. The Balaban J connectivity index is 0.000000246. The third-order valence-electron chi connectivity index (χ3n) is 10.0. The minimum atomic E-state index is -3.69. The Morgan fingerprint density at radius 2 is 1.22 bits per heavy atom. The van der Waals surface area contributed by atoms with Gasteiger partial charge in [-0.25, -0.2) is 31.5 Å². The van der Waals surface area contributed by atoms with E-state index in [2.05, 4.69) is 49.5 Å². The van der Waals surface area contributed by atoms with E-state index in [0.29, 0.717) is 39.8 Å². The highest BCUT2D eigenvalue weighted by molar-refractivity contribution is 9.08. The molecule has 0 saturated heterocycles. The second kappa shape index (κ2) is 24.7. The average molecular weight is 1060 g/mol. The lowest BCUT2D eigenvalue weighted by Crippen LogP contribution is -2.40. The molecule has 0 bridgehead atoms. The SMILES string of the molecule is CC(C)(C)CS(=O)(=O)c1ccccc1-c1ccc(CBr)cc1.CCCCc1nc(C=O)c(Cl)[nH]1.CCCCc1nc(Cl)c(C=O)n1Cc1ccc(-c2ccccc2S(=O)(=O)NC(C)(C)C)cc1. The van der Waals surface area contributed by atoms with E-state index in [1.807, 2.05) is 113 Å². The largest absolute Gasteiger partial charge is 0.332 e. The number of hydrogen-bond donors (Lipinski definition) is 2. The second-order valence-electron chi connectivity index (χ2n) is 18.3. The average Bonchev–Trinajstić information content (AvgIpc) is 3.79. The molecule has 16 heteroatoms. The van der Waals surface area contributed by atoms with Crippen LogP contribution >= 0.6 is 39.1 Å². The third kappa shape index (κ3) is 16.4. The topological polar surface area (TPSA) is 161 Å². The molecule has 67 heavy (non-hydrogen) atoms. The molecular formula is C51H62BrCl2N5O6S2. The lowest BCUT2D eigenvalue weighted by Gasteiger charge is -2.21. The normalized spacial score (nSPS) is 11.9. The molecule has 11 nitrogen and oxygen atoms in total. The predicted octanol–water partition coefficient (Wildman–Crippen LogP) is 12.8. The molecular weight excluding hydrogens is 994 g/mol. The van der Waals surface area contributed by atoms with Gasteiger partial charge >= 0.3 is 0 Å². The number of aldehydes is 2. The molecule has 0 aliphatic heterocycles. The molecule has 6 aromatic rings. The first kappa shape index (κ1) is 55.2. The van der Waals surface area contributed by atoms with E-state index in [0.717, 1.165) is 84.0 Å². The molecule has 0 spiro atoms. The van der Waals surface area contributed by atoms with Crippen molar-refractivity contribution in [1.82, 2.24) is 24.2 Å². The standard InChI is InChI=1S/C25H30ClN3O3S.C18H21BrO2S.C8H11ClN2O/c1-5-6-11-23-27-24(26)21(17-30)29(23)16-18-12-14-19(15-13-18)20-9-7-8-10-22(20)33(31,32)28-25(2,3)4;1-18(2,3)13-22(20,21)17-7-5-4-6-16(17)15-10-8-14(12-19)9-11-15;1-2-3-4-7-10-6(5-12)8(9)11-7/h7-10,12-15,17,28H,5-6,11,16H2,1-4H3;4-11H,12-13H2,1-3H3;5H,2-4H2,1H3,(H,10,11). The van der Waals surface area contributed by atoms with Crippen LogP contribution in [0.2, 0.25) is 10.3 Å². The van der Waals surface area contributed by atoms with Crippen molar-refractivity contribution in [1.29, 1.82) is 0 Å². The van der Waals surface area contributed by atoms with Crippen molar-refractivity contribution < 1.29 is 26.4 Å². The number of unbranched alkanes of at least 4 members (excludes halogenated alkanes) is 2. The summed E-state index contributed by atoms with van der Waals surface area (Å²) in [6.07, 6.45) is 7.13. The molecule has 4 aromatic carbocycles. The number of H-pyrrole nitrogens is 1. The number of sulfonamides is 1. The Hall–Kier alpha value is -4.44. The summed E-state index contributed by atoms with van der Waals surface area (Å²) in [5.74, 6) is 1.72. The number of carbonyl (C=O) groups excluding carboxylic acids is 2. The van der Waals surface area contributed by atoms with Crippen molar-refractivity contribution in [3.8, 4) is 22.3 Å². The minimum absolute atomic E-state index is 0.135. The Morgan fingerprint density at radius 1 is 0.701 bits per heavy atom. The van der Waals surface area contributed by atoms with Crippen LogP contribution in [0.3, 0.4) is 0 Å². The maximum Gasteiger partial charge on any atom is 0.241 e. The molecule has 360 valence electrons. The lowest BCUT2D eigenvalue weighted by molar-refractivity contribution is 0.111. The van der Waals surface area contributed by atoms with E-state index in [4.69, 9.17) is 23.2 Å². The molecule has 0 aliphatic rings. The fourth-order valence-electron chi connectivity index (χ4n) is 7.02. The number of imidazole rings is 2. The van der Waals surface area contributed by atoms with Gasteiger partial charge in [0.1, 0.15) is 28.2 Å². The minimum Gasteiger partial charge on any atom is -0.332 e. The van der Waals surface area contributed by atoms with E-state index in [9.17, 15) is 26.4 Å². The second-order valence-corrected chi connectivity index (χ2v) is 23.2. The van der Waals surface area contributed by atoms with E-state index >= 15 is 0 Å². The van der Waals surface area contributed by atoms with Crippen LogP contribution in [0.25, 0.3) is 22.3 Å². The number of nitrogens with one attached hydrogen (secondary N) is 2. The monoisotopic (exact) mass is 1050 g/mol. The van der Waals surface area contributed by atoms with Gasteiger partial charge in [0.15, 0.2) is 27.6 Å². The highest BCUT2D eigenvalue weighted by Gasteiger charge is 2.27. The summed E-state index contributed by atoms with van der Waals surface area (Å²) in [6, 6.07) is 29.8. The first-order chi connectivity index (χ1) is 31.6. The molecule has 0 radical (unpaired) electrons. The van der Waals surface area contributed by atoms with Crippen molar-refractivity contribution in [2.45, 2.75) is 121 Å². The summed E-state index contributed by atoms with van der Waals surface area (Å²) >= 11 is 15.3. The molecule has 0 amide bonds. The quantitative estimate of drug-likeness (QED) is 0.0674. The number of rotatable bonds is 17. The Morgan fingerprint density at radius 3 is 1.72 bits per heavy atom. The van der Waals surface area contributed by atoms with Crippen molar-refractivity contribution in [3.63, 3.8) is 0 Å². The number of nitrogens with zero attached hydrogens (tertiary/aromatic N) is 3. The Bertz CT molecular complexity index is 2800. The van der Waals surface area contributed by atoms with Crippen molar-refractivity contribution >= 4 is 71.6 Å². The molecule has 0 unspecified atom stereocenters. The van der Waals surface area contributed by atoms with E-state index in [-0.39, 0.29) is 21.2 Å². The molecule has 2 aromatic heterocycles. The van der Waals surface area contributed by atoms with Crippen LogP contribution in [0.15, 0.2) is 107 Å². The van der Waals surface area contributed by atoms with Crippen LogP contribution in [-0.4, -0.2) is 60.2 Å². The molecule has 6 rings (SSSR count). The molecule has 0 aliphatic carbocycles. The summed E-state index contributed by atoms with van der Waals surface area (Å²) in [7, 11) is -7.01. The smallest absolute Gasteiger partial charge is 0.241 e. The van der Waals surface area contributed by atoms with Crippen LogP contribution in [0.1, 0.15) is 125 Å². The zero-order valence-corrected chi connectivity index (χ0v) is 44.2. The van der Waals surface area contributed by atoms with Crippen molar-refractivity contribution in [2.75, 3.05) is 5.75 Å². The number of carbonyl (C=O) groups is 2. The van der Waals surface area contributed by atoms with Gasteiger partial charge in [-0.05, 0) is 73.4 Å². The summed E-state index contributed by atoms with van der Waals surface area (Å²) in [4.78, 5) is 33.8. The van der Waals surface area contributed by atoms with Crippen molar-refractivity contribution in [2.24, 2.45) is 5.41 Å². The van der Waals surface area contributed by atoms with Crippen LogP contribution in [0.4, 0.5) is 0 Å². The number of aromatic nitrogens is 4. The van der Waals surface area contributed by atoms with Gasteiger partial charge in [-0.15, -0.1) is 0 Å². The first-order valence-electron chi connectivity index (χ1n) is 22.1. The molecule has 0 atom stereocenters. The number of aromatic amines is 1. The number of halogens is 3. The summed E-state index contributed by atoms with van der Waals surface area (Å²) in [5, 5.41) is 1.35. The fourth-order valence-corrected chi connectivity index (χ4v) is 11.6. The van der Waals surface area contributed by atoms with E-state index in [1.165, 1.54) is 5.56 Å². The van der Waals surface area contributed by atoms with Gasteiger partial charge in [-0.1, -0.05) is 172 Å². The highest BCUT2D eigenvalue weighted by Crippen LogP contribution is 2.32. The number of sulfone groups is 1. The van der Waals surface area contributed by atoms with Gasteiger partial charge in [0.25, 0.3) is 0 Å². The maximum absolute atomic E-state index is 13.0. The predicted molar refractivity (Wildman–Crippen MR) is 276 cm³/mol. The van der Waals surface area contributed by atoms with Gasteiger partial charge in [-0.3, -0.25) is 9.59 Å². The van der Waals surface area contributed by atoms with Gasteiger partial charge in [0.2, 0.25) is 10.0 Å². The third-order valence-corrected chi connectivity index (χ3v) is 15.3. The highest BCUT2D eigenvalue weighted by atomic mass is 79.9. The number of alkyl halides is 1. The fraction of sp³-hybridized carbons (Fsp3) is 0.373. The van der Waals surface area contributed by atoms with Gasteiger partial charge in [-0.2, -0.15) is 0 Å². The van der Waals surface area contributed by atoms with E-state index < -0.39 is 25.4 Å². The number of hydrogen-bond acceptors (Lipinski definition) is 8. The first-order valence-corrected chi connectivity index (χ1v) is 27.2. The summed E-state index contributed by atoms with van der Waals surface area (Å²) in [5.41, 5.74) is 5.06. The summed E-state index contributed by atoms with van der Waals surface area (Å²) in [6.45, 7) is 15.9. The zero-order chi connectivity index (χ0) is 49.6. The van der Waals surface area contributed by atoms with Crippen LogP contribution in [0.5, 0.6) is 0 Å². The van der Waals surface area contributed by atoms with Gasteiger partial charge in [0, 0.05) is 41.4 Å². The Labute approximate surface area is 415 Å².